The SMILES string of the molecule is c1ccc(-c2nc(-c3ccccc3)nc(-c3cc4c5ccccc5c5cc4c(c3)c3cccc4c3c3c5cccc3n4-c3ccccc3)n2)cc1. The summed E-state index contributed by atoms with van der Waals surface area (Å²) in [5, 5.41) is 12.2. The highest BCUT2D eigenvalue weighted by Crippen LogP contribution is 2.45. The molecule has 0 unspecified atom stereocenters. The van der Waals surface area contributed by atoms with E-state index in [1.165, 1.54) is 64.9 Å². The molecule has 0 atom stereocenters. The van der Waals surface area contributed by atoms with Crippen LogP contribution in [0.25, 0.3) is 105 Å². The molecule has 2 heterocycles. The van der Waals surface area contributed by atoms with Gasteiger partial charge in [0.2, 0.25) is 0 Å². The second-order valence-corrected chi connectivity index (χ2v) is 13.2. The van der Waals surface area contributed by atoms with E-state index in [1.807, 2.05) is 36.4 Å². The van der Waals surface area contributed by atoms with Crippen molar-refractivity contribution in [3.05, 3.63) is 170 Å². The lowest BCUT2D eigenvalue weighted by Crippen LogP contribution is -2.00. The summed E-state index contributed by atoms with van der Waals surface area (Å²) in [6, 6.07) is 60.4. The Morgan fingerprint density at radius 2 is 0.686 bits per heavy atom. The van der Waals surface area contributed by atoms with Crippen LogP contribution in [0.5, 0.6) is 0 Å². The minimum atomic E-state index is 0.649. The molecule has 0 aliphatic carbocycles. The third-order valence-corrected chi connectivity index (χ3v) is 10.3. The molecule has 2 aromatic heterocycles. The lowest BCUT2D eigenvalue weighted by molar-refractivity contribution is 1.07. The number of nitrogens with zero attached hydrogens (tertiary/aromatic N) is 4. The fourth-order valence-corrected chi connectivity index (χ4v) is 8.13. The summed E-state index contributed by atoms with van der Waals surface area (Å²) in [6.07, 6.45) is 0. The maximum absolute atomic E-state index is 5.16. The zero-order valence-corrected chi connectivity index (χ0v) is 27.5. The molecule has 9 aromatic carbocycles. The van der Waals surface area contributed by atoms with E-state index in [0.717, 1.165) is 22.4 Å². The summed E-state index contributed by atoms with van der Waals surface area (Å²) in [7, 11) is 0. The van der Waals surface area contributed by atoms with Crippen LogP contribution in [0, 0.1) is 0 Å². The van der Waals surface area contributed by atoms with Crippen molar-refractivity contribution in [2.75, 3.05) is 0 Å². The van der Waals surface area contributed by atoms with Crippen LogP contribution in [-0.2, 0) is 0 Å². The van der Waals surface area contributed by atoms with Gasteiger partial charge in [-0.05, 0) is 85.6 Å². The Bertz CT molecular complexity index is 3050. The van der Waals surface area contributed by atoms with Crippen LogP contribution in [0.3, 0.4) is 0 Å². The van der Waals surface area contributed by atoms with Gasteiger partial charge in [0.25, 0.3) is 0 Å². The van der Waals surface area contributed by atoms with E-state index in [0.29, 0.717) is 17.5 Å². The molecule has 0 aliphatic rings. The number of para-hydroxylation sites is 1. The molecule has 51 heavy (non-hydrogen) atoms. The summed E-state index contributed by atoms with van der Waals surface area (Å²) in [4.78, 5) is 15.3. The third-order valence-electron chi connectivity index (χ3n) is 10.3. The number of benzene rings is 8. The van der Waals surface area contributed by atoms with Gasteiger partial charge < -0.3 is 4.57 Å². The average molecular weight is 649 g/mol. The van der Waals surface area contributed by atoms with Crippen molar-refractivity contribution in [2.45, 2.75) is 0 Å². The minimum absolute atomic E-state index is 0.649. The van der Waals surface area contributed by atoms with Crippen molar-refractivity contribution in [1.29, 1.82) is 0 Å². The molecule has 0 fully saturated rings. The van der Waals surface area contributed by atoms with E-state index in [9.17, 15) is 0 Å². The molecular formula is C47H28N4. The quantitative estimate of drug-likeness (QED) is 0.178. The van der Waals surface area contributed by atoms with Crippen LogP contribution < -0.4 is 0 Å². The Morgan fingerprint density at radius 3 is 1.22 bits per heavy atom. The van der Waals surface area contributed by atoms with Crippen LogP contribution in [0.15, 0.2) is 170 Å². The molecule has 0 aliphatic heterocycles. The molecule has 236 valence electrons. The van der Waals surface area contributed by atoms with Gasteiger partial charge in [-0.15, -0.1) is 0 Å². The van der Waals surface area contributed by atoms with Gasteiger partial charge in [0.15, 0.2) is 17.5 Å². The Kier molecular flexibility index (Phi) is 5.92. The molecule has 0 saturated heterocycles. The van der Waals surface area contributed by atoms with Crippen LogP contribution >= 0.6 is 0 Å². The van der Waals surface area contributed by atoms with Gasteiger partial charge in [0.05, 0.1) is 11.0 Å². The predicted octanol–water partition coefficient (Wildman–Crippen LogP) is 12.0. The van der Waals surface area contributed by atoms with Crippen LogP contribution in [0.2, 0.25) is 0 Å². The van der Waals surface area contributed by atoms with Crippen molar-refractivity contribution in [3.8, 4) is 39.9 Å². The normalized spacial score (nSPS) is 11.9. The fourth-order valence-electron chi connectivity index (χ4n) is 8.13. The second-order valence-electron chi connectivity index (χ2n) is 13.2. The standard InChI is InChI=1S/C47H28N4/c1-4-14-29(15-5-1)45-48-46(30-16-6-2-7-17-30)50-47(49-45)31-26-37-33-20-10-11-21-34(33)39-28-40(37)38(27-31)35-22-12-24-41-43(35)44-36(39)23-13-25-42(44)51(41)32-18-8-3-9-19-32/h1-28H. The van der Waals surface area contributed by atoms with Gasteiger partial charge in [-0.1, -0.05) is 127 Å². The maximum atomic E-state index is 5.16. The zero-order chi connectivity index (χ0) is 33.5. The lowest BCUT2D eigenvalue weighted by atomic mass is 9.89. The highest BCUT2D eigenvalue weighted by molar-refractivity contribution is 6.35. The highest BCUT2D eigenvalue weighted by atomic mass is 15.0. The Morgan fingerprint density at radius 1 is 0.294 bits per heavy atom. The fraction of sp³-hybridized carbons (Fsp3) is 0. The lowest BCUT2D eigenvalue weighted by Gasteiger charge is -2.15. The maximum Gasteiger partial charge on any atom is 0.164 e. The topological polar surface area (TPSA) is 43.6 Å². The van der Waals surface area contributed by atoms with Gasteiger partial charge in [0, 0.05) is 33.2 Å². The largest absolute Gasteiger partial charge is 0.309 e. The smallest absolute Gasteiger partial charge is 0.164 e. The molecule has 0 N–H and O–H groups in total. The Labute approximate surface area is 293 Å². The van der Waals surface area contributed by atoms with Gasteiger partial charge in [-0.25, -0.2) is 15.0 Å². The molecule has 4 bridgehead atoms. The number of hydrogen-bond donors (Lipinski definition) is 0. The summed E-state index contributed by atoms with van der Waals surface area (Å²) in [5.41, 5.74) is 6.39. The number of hydrogen-bond acceptors (Lipinski definition) is 3. The van der Waals surface area contributed by atoms with Crippen molar-refractivity contribution < 1.29 is 0 Å². The first-order chi connectivity index (χ1) is 25.3. The van der Waals surface area contributed by atoms with Gasteiger partial charge in [-0.2, -0.15) is 0 Å². The van der Waals surface area contributed by atoms with E-state index in [1.54, 1.807) is 0 Å². The molecule has 11 aromatic rings. The average Bonchev–Trinajstić information content (AvgIpc) is 3.55. The van der Waals surface area contributed by atoms with E-state index in [-0.39, 0.29) is 0 Å². The first-order valence-electron chi connectivity index (χ1n) is 17.3. The van der Waals surface area contributed by atoms with E-state index >= 15 is 0 Å². The highest BCUT2D eigenvalue weighted by Gasteiger charge is 2.21. The molecule has 0 amide bonds. The van der Waals surface area contributed by atoms with Crippen molar-refractivity contribution in [2.24, 2.45) is 0 Å². The number of fused-ring (bicyclic) bond motifs is 2. The number of rotatable bonds is 4. The van der Waals surface area contributed by atoms with Crippen LogP contribution in [0.4, 0.5) is 0 Å². The van der Waals surface area contributed by atoms with Gasteiger partial charge in [-0.3, -0.25) is 0 Å². The molecule has 4 heteroatoms. The number of aromatic nitrogens is 4. The predicted molar refractivity (Wildman–Crippen MR) is 212 cm³/mol. The summed E-state index contributed by atoms with van der Waals surface area (Å²) in [6.45, 7) is 0. The third kappa shape index (κ3) is 4.17. The van der Waals surface area contributed by atoms with Crippen molar-refractivity contribution in [3.63, 3.8) is 0 Å². The Hall–Kier alpha value is -6.91. The minimum Gasteiger partial charge on any atom is -0.309 e. The first kappa shape index (κ1) is 28.0. The van der Waals surface area contributed by atoms with E-state index in [2.05, 4.69) is 138 Å². The van der Waals surface area contributed by atoms with Crippen LogP contribution in [0.1, 0.15) is 0 Å². The molecular weight excluding hydrogens is 621 g/mol. The van der Waals surface area contributed by atoms with Gasteiger partial charge in [0.1, 0.15) is 0 Å². The van der Waals surface area contributed by atoms with Crippen molar-refractivity contribution >= 4 is 64.9 Å². The summed E-state index contributed by atoms with van der Waals surface area (Å²) < 4.78 is 2.42. The molecule has 0 saturated carbocycles. The van der Waals surface area contributed by atoms with E-state index in [4.69, 9.17) is 15.0 Å². The monoisotopic (exact) mass is 648 g/mol. The molecule has 11 rings (SSSR count). The summed E-state index contributed by atoms with van der Waals surface area (Å²) in [5.74, 6) is 1.95. The van der Waals surface area contributed by atoms with Crippen LogP contribution in [-0.4, -0.2) is 19.5 Å². The summed E-state index contributed by atoms with van der Waals surface area (Å²) >= 11 is 0. The second kappa shape index (κ2) is 10.8. The van der Waals surface area contributed by atoms with Gasteiger partial charge >= 0.3 is 0 Å². The van der Waals surface area contributed by atoms with Crippen molar-refractivity contribution in [1.82, 2.24) is 19.5 Å². The Balaban J connectivity index is 1.33. The molecule has 0 spiro atoms. The molecule has 4 nitrogen and oxygen atoms in total. The molecule has 0 radical (unpaired) electrons. The zero-order valence-electron chi connectivity index (χ0n) is 27.5. The first-order valence-corrected chi connectivity index (χ1v) is 17.3. The van der Waals surface area contributed by atoms with E-state index < -0.39 is 0 Å².